The number of carbonyl (C=O) groups excluding carboxylic acids is 1. The van der Waals surface area contributed by atoms with Crippen LogP contribution in [-0.4, -0.2) is 38.7 Å². The molecule has 1 aliphatic rings. The van der Waals surface area contributed by atoms with Crippen molar-refractivity contribution in [2.45, 2.75) is 18.8 Å². The van der Waals surface area contributed by atoms with Crippen molar-refractivity contribution >= 4 is 17.2 Å². The van der Waals surface area contributed by atoms with Crippen molar-refractivity contribution in [2.75, 3.05) is 13.1 Å². The zero-order valence-corrected chi connectivity index (χ0v) is 11.6. The van der Waals surface area contributed by atoms with E-state index in [-0.39, 0.29) is 5.91 Å². The average molecular weight is 276 g/mol. The Morgan fingerprint density at radius 1 is 1.53 bits per heavy atom. The molecule has 0 N–H and O–H groups in total. The highest BCUT2D eigenvalue weighted by atomic mass is 32.1. The molecule has 0 spiro atoms. The van der Waals surface area contributed by atoms with Crippen LogP contribution in [0.5, 0.6) is 0 Å². The molecule has 0 aliphatic carbocycles. The second kappa shape index (κ2) is 5.13. The maximum Gasteiger partial charge on any atom is 0.273 e. The molecule has 5 nitrogen and oxygen atoms in total. The van der Waals surface area contributed by atoms with Crippen molar-refractivity contribution in [1.82, 2.24) is 19.7 Å². The first kappa shape index (κ1) is 12.3. The van der Waals surface area contributed by atoms with E-state index in [4.69, 9.17) is 0 Å². The van der Waals surface area contributed by atoms with Crippen LogP contribution in [0.2, 0.25) is 0 Å². The summed E-state index contributed by atoms with van der Waals surface area (Å²) in [5.41, 5.74) is 3.49. The maximum atomic E-state index is 12.3. The molecule has 100 valence electrons. The molecule has 2 aromatic heterocycles. The first-order valence-electron chi connectivity index (χ1n) is 6.40. The Labute approximate surface area is 115 Å². The lowest BCUT2D eigenvalue weighted by molar-refractivity contribution is 0.0702. The van der Waals surface area contributed by atoms with Crippen molar-refractivity contribution < 1.29 is 4.79 Å². The van der Waals surface area contributed by atoms with Gasteiger partial charge in [-0.1, -0.05) is 0 Å². The first-order valence-corrected chi connectivity index (χ1v) is 7.34. The third kappa shape index (κ3) is 2.53. The second-order valence-electron chi connectivity index (χ2n) is 4.91. The number of nitrogens with zero attached hydrogens (tertiary/aromatic N) is 4. The number of hydrogen-bond acceptors (Lipinski definition) is 4. The molecule has 1 aliphatic heterocycles. The minimum Gasteiger partial charge on any atom is -0.337 e. The molecule has 19 heavy (non-hydrogen) atoms. The monoisotopic (exact) mass is 276 g/mol. The van der Waals surface area contributed by atoms with Crippen LogP contribution in [0, 0.1) is 0 Å². The Bertz CT molecular complexity index is 563. The fraction of sp³-hybridized carbons (Fsp3) is 0.462. The molecule has 0 saturated carbocycles. The molecular weight excluding hydrogens is 260 g/mol. The zero-order valence-electron chi connectivity index (χ0n) is 10.8. The Morgan fingerprint density at radius 2 is 2.42 bits per heavy atom. The Morgan fingerprint density at radius 3 is 3.11 bits per heavy atom. The average Bonchev–Trinajstić information content (AvgIpc) is 3.09. The van der Waals surface area contributed by atoms with E-state index >= 15 is 0 Å². The summed E-state index contributed by atoms with van der Waals surface area (Å²) in [6.45, 7) is 1.59. The largest absolute Gasteiger partial charge is 0.337 e. The number of rotatable bonds is 2. The highest BCUT2D eigenvalue weighted by Crippen LogP contribution is 2.27. The van der Waals surface area contributed by atoms with E-state index in [1.54, 1.807) is 5.51 Å². The normalized spacial score (nSPS) is 19.6. The van der Waals surface area contributed by atoms with Crippen LogP contribution in [0.15, 0.2) is 23.3 Å². The lowest BCUT2D eigenvalue weighted by atomic mass is 9.92. The van der Waals surface area contributed by atoms with Crippen molar-refractivity contribution in [3.05, 3.63) is 34.5 Å². The van der Waals surface area contributed by atoms with Gasteiger partial charge in [-0.25, -0.2) is 4.98 Å². The predicted molar refractivity (Wildman–Crippen MR) is 73.2 cm³/mol. The van der Waals surface area contributed by atoms with Crippen molar-refractivity contribution in [1.29, 1.82) is 0 Å². The number of likely N-dealkylation sites (tertiary alicyclic amines) is 1. The van der Waals surface area contributed by atoms with Crippen LogP contribution < -0.4 is 0 Å². The van der Waals surface area contributed by atoms with Crippen molar-refractivity contribution in [3.8, 4) is 0 Å². The number of piperidine rings is 1. The van der Waals surface area contributed by atoms with Gasteiger partial charge in [0.05, 0.1) is 11.7 Å². The summed E-state index contributed by atoms with van der Waals surface area (Å²) in [6.07, 6.45) is 6.10. The number of carbonyl (C=O) groups is 1. The summed E-state index contributed by atoms with van der Waals surface area (Å²) >= 11 is 1.46. The van der Waals surface area contributed by atoms with Gasteiger partial charge < -0.3 is 4.90 Å². The van der Waals surface area contributed by atoms with Gasteiger partial charge in [-0.3, -0.25) is 9.48 Å². The number of aryl methyl sites for hydroxylation is 1. The van der Waals surface area contributed by atoms with Crippen LogP contribution in [-0.2, 0) is 7.05 Å². The fourth-order valence-corrected chi connectivity index (χ4v) is 3.09. The second-order valence-corrected chi connectivity index (χ2v) is 5.63. The molecule has 1 atom stereocenters. The molecular formula is C13H16N4OS. The molecule has 3 rings (SSSR count). The molecule has 0 bridgehead atoms. The van der Waals surface area contributed by atoms with Gasteiger partial charge in [-0.05, 0) is 18.4 Å². The number of hydrogen-bond donors (Lipinski definition) is 0. The van der Waals surface area contributed by atoms with Crippen LogP contribution >= 0.6 is 11.3 Å². The van der Waals surface area contributed by atoms with Gasteiger partial charge in [0.25, 0.3) is 5.91 Å². The quantitative estimate of drug-likeness (QED) is 0.841. The van der Waals surface area contributed by atoms with E-state index in [0.29, 0.717) is 11.6 Å². The summed E-state index contributed by atoms with van der Waals surface area (Å²) in [5.74, 6) is 0.444. The van der Waals surface area contributed by atoms with Crippen molar-refractivity contribution in [2.24, 2.45) is 7.05 Å². The Hall–Kier alpha value is -1.69. The molecule has 1 saturated heterocycles. The van der Waals surface area contributed by atoms with Crippen LogP contribution in [0.4, 0.5) is 0 Å². The molecule has 1 fully saturated rings. The van der Waals surface area contributed by atoms with E-state index in [0.717, 1.165) is 25.9 Å². The molecule has 0 aromatic carbocycles. The van der Waals surface area contributed by atoms with Gasteiger partial charge in [-0.15, -0.1) is 11.3 Å². The highest BCUT2D eigenvalue weighted by Gasteiger charge is 2.26. The third-order valence-corrected chi connectivity index (χ3v) is 4.14. The summed E-state index contributed by atoms with van der Waals surface area (Å²) < 4.78 is 1.82. The number of amides is 1. The van der Waals surface area contributed by atoms with E-state index in [9.17, 15) is 4.79 Å². The predicted octanol–water partition coefficient (Wildman–Crippen LogP) is 1.90. The molecule has 6 heteroatoms. The summed E-state index contributed by atoms with van der Waals surface area (Å²) in [5, 5.41) is 6.03. The molecule has 3 heterocycles. The van der Waals surface area contributed by atoms with Crippen molar-refractivity contribution in [3.63, 3.8) is 0 Å². The third-order valence-electron chi connectivity index (χ3n) is 3.56. The lowest BCUT2D eigenvalue weighted by Crippen LogP contribution is -2.39. The van der Waals surface area contributed by atoms with Crippen LogP contribution in [0.1, 0.15) is 34.8 Å². The first-order chi connectivity index (χ1) is 9.24. The van der Waals surface area contributed by atoms with Gasteiger partial charge in [-0.2, -0.15) is 5.10 Å². The van der Waals surface area contributed by atoms with E-state index in [1.165, 1.54) is 16.9 Å². The number of thiazole rings is 1. The molecule has 0 unspecified atom stereocenters. The fourth-order valence-electron chi connectivity index (χ4n) is 2.56. The number of aromatic nitrogens is 3. The summed E-state index contributed by atoms with van der Waals surface area (Å²) in [7, 11) is 1.92. The van der Waals surface area contributed by atoms with E-state index < -0.39 is 0 Å². The van der Waals surface area contributed by atoms with Crippen LogP contribution in [0.3, 0.4) is 0 Å². The minimum atomic E-state index is 0.0508. The Balaban J connectivity index is 1.73. The van der Waals surface area contributed by atoms with Gasteiger partial charge in [0.2, 0.25) is 0 Å². The highest BCUT2D eigenvalue weighted by molar-refractivity contribution is 7.07. The van der Waals surface area contributed by atoms with Gasteiger partial charge in [0.1, 0.15) is 5.69 Å². The summed E-state index contributed by atoms with van der Waals surface area (Å²) in [6, 6.07) is 0. The van der Waals surface area contributed by atoms with Gasteiger partial charge in [0.15, 0.2) is 0 Å². The Kier molecular flexibility index (Phi) is 3.33. The zero-order chi connectivity index (χ0) is 13.2. The smallest absolute Gasteiger partial charge is 0.273 e. The van der Waals surface area contributed by atoms with Gasteiger partial charge in [0, 0.05) is 37.6 Å². The SMILES string of the molecule is Cn1cc([C@H]2CCCN(C(=O)c3cscn3)C2)cn1. The molecule has 2 aromatic rings. The van der Waals surface area contributed by atoms with E-state index in [2.05, 4.69) is 10.1 Å². The topological polar surface area (TPSA) is 51.0 Å². The van der Waals surface area contributed by atoms with Crippen LogP contribution in [0.25, 0.3) is 0 Å². The minimum absolute atomic E-state index is 0.0508. The molecule has 1 amide bonds. The van der Waals surface area contributed by atoms with Gasteiger partial charge >= 0.3 is 0 Å². The van der Waals surface area contributed by atoms with E-state index in [1.807, 2.05) is 34.4 Å². The molecule has 0 radical (unpaired) electrons. The summed E-state index contributed by atoms with van der Waals surface area (Å²) in [4.78, 5) is 18.3. The lowest BCUT2D eigenvalue weighted by Gasteiger charge is -2.31. The maximum absolute atomic E-state index is 12.3. The standard InChI is InChI=1S/C13H16N4OS/c1-16-6-11(5-15-16)10-3-2-4-17(7-10)13(18)12-8-19-9-14-12/h5-6,8-10H,2-4,7H2,1H3/t10-/m0/s1.